The first kappa shape index (κ1) is 12.9. The molecule has 0 aliphatic carbocycles. The SMILES string of the molecule is CN(C)C1=CCN(c2ccc(N)c([N+](=O)[O-])c2)C=C1. The van der Waals surface area contributed by atoms with Crippen molar-refractivity contribution >= 4 is 17.1 Å². The summed E-state index contributed by atoms with van der Waals surface area (Å²) >= 11 is 0. The van der Waals surface area contributed by atoms with Crippen LogP contribution in [-0.4, -0.2) is 30.5 Å². The molecule has 0 bridgehead atoms. The van der Waals surface area contributed by atoms with Gasteiger partial charge >= 0.3 is 0 Å². The molecule has 1 aromatic carbocycles. The number of benzene rings is 1. The summed E-state index contributed by atoms with van der Waals surface area (Å²) in [5, 5.41) is 10.9. The lowest BCUT2D eigenvalue weighted by atomic mass is 10.2. The molecule has 1 aliphatic rings. The molecular formula is C13H16N4O2. The van der Waals surface area contributed by atoms with Crippen molar-refractivity contribution in [3.05, 3.63) is 52.4 Å². The minimum atomic E-state index is -0.465. The number of rotatable bonds is 3. The van der Waals surface area contributed by atoms with E-state index in [0.29, 0.717) is 6.54 Å². The molecule has 1 aromatic rings. The van der Waals surface area contributed by atoms with E-state index in [-0.39, 0.29) is 11.4 Å². The molecule has 0 saturated heterocycles. The van der Waals surface area contributed by atoms with E-state index in [4.69, 9.17) is 5.73 Å². The number of nitrogens with zero attached hydrogens (tertiary/aromatic N) is 3. The monoisotopic (exact) mass is 260 g/mol. The summed E-state index contributed by atoms with van der Waals surface area (Å²) in [6, 6.07) is 4.84. The average molecular weight is 260 g/mol. The van der Waals surface area contributed by atoms with Crippen LogP contribution in [0.5, 0.6) is 0 Å². The molecule has 6 heteroatoms. The smallest absolute Gasteiger partial charge is 0.294 e. The molecule has 0 saturated carbocycles. The van der Waals surface area contributed by atoms with Gasteiger partial charge in [-0.25, -0.2) is 0 Å². The number of nitro benzene ring substituents is 1. The average Bonchev–Trinajstić information content (AvgIpc) is 2.39. The zero-order chi connectivity index (χ0) is 14.0. The molecule has 1 heterocycles. The van der Waals surface area contributed by atoms with Crippen molar-refractivity contribution in [2.45, 2.75) is 0 Å². The lowest BCUT2D eigenvalue weighted by molar-refractivity contribution is -0.383. The number of hydrogen-bond acceptors (Lipinski definition) is 5. The highest BCUT2D eigenvalue weighted by atomic mass is 16.6. The summed E-state index contributed by atoms with van der Waals surface area (Å²) in [5.74, 6) is 0. The Labute approximate surface area is 111 Å². The molecule has 2 rings (SSSR count). The van der Waals surface area contributed by atoms with E-state index in [1.807, 2.05) is 36.2 Å². The number of likely N-dealkylation sites (N-methyl/N-ethyl adjacent to an activating group) is 1. The predicted molar refractivity (Wildman–Crippen MR) is 75.8 cm³/mol. The number of nitrogens with two attached hydrogens (primary N) is 1. The van der Waals surface area contributed by atoms with Gasteiger partial charge in [0.2, 0.25) is 0 Å². The van der Waals surface area contributed by atoms with Gasteiger partial charge in [-0.3, -0.25) is 10.1 Å². The fourth-order valence-electron chi connectivity index (χ4n) is 1.88. The topological polar surface area (TPSA) is 75.6 Å². The number of nitrogen functional groups attached to an aromatic ring is 1. The van der Waals surface area contributed by atoms with E-state index in [0.717, 1.165) is 11.4 Å². The van der Waals surface area contributed by atoms with Gasteiger partial charge in [0, 0.05) is 44.3 Å². The van der Waals surface area contributed by atoms with Gasteiger partial charge in [-0.1, -0.05) is 0 Å². The molecule has 2 N–H and O–H groups in total. The highest BCUT2D eigenvalue weighted by Crippen LogP contribution is 2.28. The summed E-state index contributed by atoms with van der Waals surface area (Å²) in [5.41, 5.74) is 7.57. The summed E-state index contributed by atoms with van der Waals surface area (Å²) in [6.45, 7) is 0.672. The molecule has 1 aliphatic heterocycles. The van der Waals surface area contributed by atoms with Gasteiger partial charge in [0.1, 0.15) is 5.69 Å². The van der Waals surface area contributed by atoms with Gasteiger partial charge < -0.3 is 15.5 Å². The molecular weight excluding hydrogens is 244 g/mol. The third-order valence-corrected chi connectivity index (χ3v) is 2.98. The van der Waals surface area contributed by atoms with Crippen molar-refractivity contribution in [2.24, 2.45) is 0 Å². The largest absolute Gasteiger partial charge is 0.393 e. The van der Waals surface area contributed by atoms with Crippen LogP contribution in [0.2, 0.25) is 0 Å². The first-order valence-corrected chi connectivity index (χ1v) is 5.85. The molecule has 0 amide bonds. The molecule has 100 valence electrons. The number of nitro groups is 1. The van der Waals surface area contributed by atoms with Crippen LogP contribution in [0.3, 0.4) is 0 Å². The van der Waals surface area contributed by atoms with Crippen molar-refractivity contribution in [3.63, 3.8) is 0 Å². The second-order valence-electron chi connectivity index (χ2n) is 4.49. The van der Waals surface area contributed by atoms with Gasteiger partial charge in [-0.15, -0.1) is 0 Å². The Hall–Kier alpha value is -2.50. The van der Waals surface area contributed by atoms with E-state index in [1.54, 1.807) is 12.1 Å². The van der Waals surface area contributed by atoms with Crippen LogP contribution >= 0.6 is 0 Å². The van der Waals surface area contributed by atoms with Gasteiger partial charge in [0.05, 0.1) is 4.92 Å². The van der Waals surface area contributed by atoms with Crippen molar-refractivity contribution in [1.82, 2.24) is 4.90 Å². The van der Waals surface area contributed by atoms with E-state index in [9.17, 15) is 10.1 Å². The number of hydrogen-bond donors (Lipinski definition) is 1. The highest BCUT2D eigenvalue weighted by molar-refractivity contribution is 5.67. The van der Waals surface area contributed by atoms with Crippen LogP contribution in [-0.2, 0) is 0 Å². The summed E-state index contributed by atoms with van der Waals surface area (Å²) in [4.78, 5) is 14.3. The molecule has 0 aromatic heterocycles. The summed E-state index contributed by atoms with van der Waals surface area (Å²) in [7, 11) is 3.94. The van der Waals surface area contributed by atoms with E-state index in [1.165, 1.54) is 6.07 Å². The Morgan fingerprint density at radius 1 is 1.42 bits per heavy atom. The van der Waals surface area contributed by atoms with E-state index in [2.05, 4.69) is 6.08 Å². The lowest BCUT2D eigenvalue weighted by Gasteiger charge is -2.25. The lowest BCUT2D eigenvalue weighted by Crippen LogP contribution is -2.22. The van der Waals surface area contributed by atoms with Crippen LogP contribution in [0.25, 0.3) is 0 Å². The van der Waals surface area contributed by atoms with Crippen LogP contribution in [0.15, 0.2) is 42.2 Å². The maximum Gasteiger partial charge on any atom is 0.294 e. The van der Waals surface area contributed by atoms with Crippen molar-refractivity contribution in [2.75, 3.05) is 31.3 Å². The predicted octanol–water partition coefficient (Wildman–Crippen LogP) is 1.96. The Morgan fingerprint density at radius 3 is 2.68 bits per heavy atom. The van der Waals surface area contributed by atoms with E-state index < -0.39 is 4.92 Å². The molecule has 0 spiro atoms. The molecule has 6 nitrogen and oxygen atoms in total. The fourth-order valence-corrected chi connectivity index (χ4v) is 1.88. The Balaban J connectivity index is 2.24. The standard InChI is InChI=1S/C13H16N4O2/c1-15(2)10-5-7-16(8-6-10)11-3-4-12(14)13(9-11)17(18)19/h3-7,9H,8,14H2,1-2H3. The quantitative estimate of drug-likeness (QED) is 0.510. The Bertz CT molecular complexity index is 564. The normalized spacial score (nSPS) is 14.2. The summed E-state index contributed by atoms with van der Waals surface area (Å²) < 4.78 is 0. The van der Waals surface area contributed by atoms with Gasteiger partial charge in [0.25, 0.3) is 5.69 Å². The zero-order valence-corrected chi connectivity index (χ0v) is 10.9. The third kappa shape index (κ3) is 2.67. The molecule has 0 radical (unpaired) electrons. The number of allylic oxidation sites excluding steroid dienone is 1. The van der Waals surface area contributed by atoms with E-state index >= 15 is 0 Å². The van der Waals surface area contributed by atoms with Gasteiger partial charge in [-0.05, 0) is 24.3 Å². The maximum absolute atomic E-state index is 10.9. The molecule has 0 fully saturated rings. The van der Waals surface area contributed by atoms with Gasteiger partial charge in [-0.2, -0.15) is 0 Å². The Morgan fingerprint density at radius 2 is 2.16 bits per heavy atom. The van der Waals surface area contributed by atoms with Crippen molar-refractivity contribution in [1.29, 1.82) is 0 Å². The van der Waals surface area contributed by atoms with Crippen LogP contribution < -0.4 is 10.6 Å². The van der Waals surface area contributed by atoms with Crippen molar-refractivity contribution < 1.29 is 4.92 Å². The first-order valence-electron chi connectivity index (χ1n) is 5.85. The fraction of sp³-hybridized carbons (Fsp3) is 0.231. The van der Waals surface area contributed by atoms with Crippen LogP contribution in [0.1, 0.15) is 0 Å². The molecule has 0 unspecified atom stereocenters. The molecule has 0 atom stereocenters. The molecule has 19 heavy (non-hydrogen) atoms. The van der Waals surface area contributed by atoms with Crippen molar-refractivity contribution in [3.8, 4) is 0 Å². The first-order chi connectivity index (χ1) is 8.99. The minimum Gasteiger partial charge on any atom is -0.393 e. The summed E-state index contributed by atoms with van der Waals surface area (Å²) in [6.07, 6.45) is 5.93. The van der Waals surface area contributed by atoms with Crippen LogP contribution in [0.4, 0.5) is 17.1 Å². The van der Waals surface area contributed by atoms with Crippen LogP contribution in [0, 0.1) is 10.1 Å². The maximum atomic E-state index is 10.9. The highest BCUT2D eigenvalue weighted by Gasteiger charge is 2.15. The zero-order valence-electron chi connectivity index (χ0n) is 10.9. The number of anilines is 2. The minimum absolute atomic E-state index is 0.0618. The second-order valence-corrected chi connectivity index (χ2v) is 4.49. The van der Waals surface area contributed by atoms with Gasteiger partial charge in [0.15, 0.2) is 0 Å². The Kier molecular flexibility index (Phi) is 3.41. The third-order valence-electron chi connectivity index (χ3n) is 2.98. The second kappa shape index (κ2) is 5.01.